The zero-order valence-electron chi connectivity index (χ0n) is 13.2. The first-order chi connectivity index (χ1) is 11.1. The molecule has 6 heteroatoms. The summed E-state index contributed by atoms with van der Waals surface area (Å²) < 4.78 is 5.16. The molecule has 4 atom stereocenters. The van der Waals surface area contributed by atoms with Gasteiger partial charge >= 0.3 is 5.97 Å². The molecule has 1 fully saturated rings. The van der Waals surface area contributed by atoms with Crippen molar-refractivity contribution in [2.75, 3.05) is 6.61 Å². The summed E-state index contributed by atoms with van der Waals surface area (Å²) in [5.74, 6) is -0.998. The lowest BCUT2D eigenvalue weighted by Gasteiger charge is -2.23. The summed E-state index contributed by atoms with van der Waals surface area (Å²) >= 11 is 0. The molecule has 23 heavy (non-hydrogen) atoms. The molecule has 0 bridgehead atoms. The van der Waals surface area contributed by atoms with Crippen molar-refractivity contribution >= 4 is 17.6 Å². The molecule has 3 rings (SSSR count). The van der Waals surface area contributed by atoms with Gasteiger partial charge in [0.05, 0.1) is 30.2 Å². The molecule has 2 aliphatic rings. The number of carbonyl (C=O) groups is 2. The standard InChI is InChI=1S/C17H20N2O4/c1-3-22-17(21)12-9-13-14(10(2)19-23-13)15(12)18-16(20)11-7-5-4-6-8-11/h4-8,12-15H,3,9H2,1-2H3,(H,18,20)/t12-,13-,14-,15-/m1/s1. The maximum absolute atomic E-state index is 12.5. The van der Waals surface area contributed by atoms with Crippen LogP contribution in [0.3, 0.4) is 0 Å². The number of oxime groups is 1. The molecular weight excluding hydrogens is 296 g/mol. The summed E-state index contributed by atoms with van der Waals surface area (Å²) in [5, 5.41) is 6.99. The predicted molar refractivity (Wildman–Crippen MR) is 83.9 cm³/mol. The van der Waals surface area contributed by atoms with Gasteiger partial charge in [-0.1, -0.05) is 23.4 Å². The minimum absolute atomic E-state index is 0.0860. The van der Waals surface area contributed by atoms with Crippen molar-refractivity contribution in [1.29, 1.82) is 0 Å². The normalized spacial score (nSPS) is 28.5. The van der Waals surface area contributed by atoms with Crippen LogP contribution in [0.15, 0.2) is 35.5 Å². The van der Waals surface area contributed by atoms with E-state index in [0.29, 0.717) is 18.6 Å². The first kappa shape index (κ1) is 15.5. The summed E-state index contributed by atoms with van der Waals surface area (Å²) in [6.07, 6.45) is 0.329. The van der Waals surface area contributed by atoms with Gasteiger partial charge in [0.1, 0.15) is 6.10 Å². The molecule has 0 aromatic heterocycles. The molecule has 1 aliphatic carbocycles. The van der Waals surface area contributed by atoms with Crippen LogP contribution in [0.2, 0.25) is 0 Å². The Balaban J connectivity index is 1.81. The third-order valence-corrected chi connectivity index (χ3v) is 4.44. The third kappa shape index (κ3) is 2.93. The van der Waals surface area contributed by atoms with Gasteiger partial charge in [0.15, 0.2) is 0 Å². The number of nitrogens with zero attached hydrogens (tertiary/aromatic N) is 1. The average molecular weight is 316 g/mol. The minimum Gasteiger partial charge on any atom is -0.466 e. The van der Waals surface area contributed by atoms with Crippen molar-refractivity contribution in [3.8, 4) is 0 Å². The predicted octanol–water partition coefficient (Wildman–Crippen LogP) is 1.76. The van der Waals surface area contributed by atoms with Gasteiger partial charge in [0.25, 0.3) is 5.91 Å². The Morgan fingerprint density at radius 2 is 2.09 bits per heavy atom. The highest BCUT2D eigenvalue weighted by Gasteiger charge is 2.53. The van der Waals surface area contributed by atoms with E-state index in [1.165, 1.54) is 0 Å². The van der Waals surface area contributed by atoms with Crippen molar-refractivity contribution in [3.63, 3.8) is 0 Å². The molecule has 1 aromatic rings. The van der Waals surface area contributed by atoms with Crippen molar-refractivity contribution in [2.24, 2.45) is 17.0 Å². The number of amides is 1. The Kier molecular flexibility index (Phi) is 4.32. The van der Waals surface area contributed by atoms with Crippen molar-refractivity contribution in [2.45, 2.75) is 32.4 Å². The number of benzene rings is 1. The van der Waals surface area contributed by atoms with Crippen LogP contribution in [0.4, 0.5) is 0 Å². The monoisotopic (exact) mass is 316 g/mol. The highest BCUT2D eigenvalue weighted by atomic mass is 16.6. The molecule has 6 nitrogen and oxygen atoms in total. The van der Waals surface area contributed by atoms with Crippen molar-refractivity contribution in [3.05, 3.63) is 35.9 Å². The molecule has 1 heterocycles. The van der Waals surface area contributed by atoms with Gasteiger partial charge in [-0.2, -0.15) is 0 Å². The highest BCUT2D eigenvalue weighted by molar-refractivity contribution is 5.96. The lowest BCUT2D eigenvalue weighted by Crippen LogP contribution is -2.46. The number of carbonyl (C=O) groups excluding carboxylic acids is 2. The Morgan fingerprint density at radius 1 is 1.35 bits per heavy atom. The van der Waals surface area contributed by atoms with Crippen LogP contribution >= 0.6 is 0 Å². The van der Waals surface area contributed by atoms with Gasteiger partial charge in [0, 0.05) is 12.0 Å². The molecule has 1 N–H and O–H groups in total. The Morgan fingerprint density at radius 3 is 2.78 bits per heavy atom. The van der Waals surface area contributed by atoms with Gasteiger partial charge in [-0.25, -0.2) is 0 Å². The van der Waals surface area contributed by atoms with Crippen LogP contribution in [0, 0.1) is 11.8 Å². The Labute approximate surface area is 134 Å². The molecule has 122 valence electrons. The van der Waals surface area contributed by atoms with E-state index in [2.05, 4.69) is 10.5 Å². The third-order valence-electron chi connectivity index (χ3n) is 4.44. The molecule has 1 saturated carbocycles. The van der Waals surface area contributed by atoms with Crippen LogP contribution in [0.1, 0.15) is 30.6 Å². The van der Waals surface area contributed by atoms with Crippen molar-refractivity contribution in [1.82, 2.24) is 5.32 Å². The topological polar surface area (TPSA) is 77.0 Å². The number of rotatable bonds is 4. The van der Waals surface area contributed by atoms with Crippen LogP contribution in [-0.2, 0) is 14.4 Å². The largest absolute Gasteiger partial charge is 0.466 e. The molecule has 1 aliphatic heterocycles. The van der Waals surface area contributed by atoms with E-state index in [-0.39, 0.29) is 29.9 Å². The molecule has 1 amide bonds. The molecule has 1 aromatic carbocycles. The molecule has 0 spiro atoms. The second kappa shape index (κ2) is 6.40. The van der Waals surface area contributed by atoms with E-state index in [4.69, 9.17) is 9.57 Å². The fourth-order valence-electron chi connectivity index (χ4n) is 3.38. The Bertz CT molecular complexity index is 629. The summed E-state index contributed by atoms with van der Waals surface area (Å²) in [4.78, 5) is 30.1. The maximum atomic E-state index is 12.5. The molecule has 0 saturated heterocycles. The van der Waals surface area contributed by atoms with Gasteiger partial charge in [-0.15, -0.1) is 0 Å². The minimum atomic E-state index is -0.414. The van der Waals surface area contributed by atoms with Crippen LogP contribution in [-0.4, -0.2) is 36.3 Å². The Hall–Kier alpha value is -2.37. The average Bonchev–Trinajstić information content (AvgIpc) is 3.09. The fraction of sp³-hybridized carbons (Fsp3) is 0.471. The number of nitrogens with one attached hydrogen (secondary N) is 1. The number of hydrogen-bond acceptors (Lipinski definition) is 5. The lowest BCUT2D eigenvalue weighted by molar-refractivity contribution is -0.148. The van der Waals surface area contributed by atoms with E-state index in [0.717, 1.165) is 5.71 Å². The highest BCUT2D eigenvalue weighted by Crippen LogP contribution is 2.39. The van der Waals surface area contributed by atoms with E-state index < -0.39 is 5.92 Å². The molecule has 0 unspecified atom stereocenters. The fourth-order valence-corrected chi connectivity index (χ4v) is 3.38. The van der Waals surface area contributed by atoms with Crippen LogP contribution in [0.5, 0.6) is 0 Å². The maximum Gasteiger partial charge on any atom is 0.311 e. The zero-order valence-corrected chi connectivity index (χ0v) is 13.2. The molecule has 0 radical (unpaired) electrons. The summed E-state index contributed by atoms with van der Waals surface area (Å²) in [6, 6.07) is 8.59. The zero-order chi connectivity index (χ0) is 16.4. The van der Waals surface area contributed by atoms with Gasteiger partial charge < -0.3 is 14.9 Å². The van der Waals surface area contributed by atoms with Gasteiger partial charge in [0.2, 0.25) is 0 Å². The summed E-state index contributed by atoms with van der Waals surface area (Å²) in [5.41, 5.74) is 1.37. The summed E-state index contributed by atoms with van der Waals surface area (Å²) in [6.45, 7) is 3.95. The van der Waals surface area contributed by atoms with Crippen LogP contribution < -0.4 is 5.32 Å². The van der Waals surface area contributed by atoms with E-state index >= 15 is 0 Å². The second-order valence-corrected chi connectivity index (χ2v) is 5.86. The lowest BCUT2D eigenvalue weighted by atomic mass is 9.93. The SMILES string of the molecule is CCOC(=O)[C@@H]1C[C@H]2ON=C(C)[C@H]2[C@@H]1NC(=O)c1ccccc1. The van der Waals surface area contributed by atoms with E-state index in [1.807, 2.05) is 13.0 Å². The number of esters is 1. The van der Waals surface area contributed by atoms with Crippen LogP contribution in [0.25, 0.3) is 0 Å². The first-order valence-electron chi connectivity index (χ1n) is 7.84. The molecular formula is C17H20N2O4. The first-order valence-corrected chi connectivity index (χ1v) is 7.84. The smallest absolute Gasteiger partial charge is 0.311 e. The second-order valence-electron chi connectivity index (χ2n) is 5.86. The van der Waals surface area contributed by atoms with Gasteiger partial charge in [-0.05, 0) is 26.0 Å². The number of fused-ring (bicyclic) bond motifs is 1. The summed E-state index contributed by atoms with van der Waals surface area (Å²) in [7, 11) is 0. The van der Waals surface area contributed by atoms with E-state index in [9.17, 15) is 9.59 Å². The quantitative estimate of drug-likeness (QED) is 0.859. The van der Waals surface area contributed by atoms with Gasteiger partial charge in [-0.3, -0.25) is 9.59 Å². The number of ether oxygens (including phenoxy) is 1. The van der Waals surface area contributed by atoms with Crippen molar-refractivity contribution < 1.29 is 19.2 Å². The van der Waals surface area contributed by atoms with E-state index in [1.54, 1.807) is 31.2 Å². The number of hydrogen-bond donors (Lipinski definition) is 1.